The van der Waals surface area contributed by atoms with E-state index in [0.717, 1.165) is 0 Å². The second kappa shape index (κ2) is 7.96. The molecule has 22 heavy (non-hydrogen) atoms. The van der Waals surface area contributed by atoms with Gasteiger partial charge < -0.3 is 10.1 Å². The summed E-state index contributed by atoms with van der Waals surface area (Å²) in [6, 6.07) is 12.5. The fraction of sp³-hybridized carbons (Fsp3) is 0.188. The van der Waals surface area contributed by atoms with Gasteiger partial charge in [-0.1, -0.05) is 24.3 Å². The summed E-state index contributed by atoms with van der Waals surface area (Å²) in [7, 11) is 0. The minimum absolute atomic E-state index is 0.0570. The molecule has 0 spiro atoms. The van der Waals surface area contributed by atoms with Crippen LogP contribution in [0.5, 0.6) is 0 Å². The van der Waals surface area contributed by atoms with Crippen molar-refractivity contribution in [1.82, 2.24) is 5.32 Å². The predicted molar refractivity (Wildman–Crippen MR) is 82.2 cm³/mol. The SMILES string of the molecule is N#Cc1ccccc1COC(=O)CCNC(=O)c1cccs1. The number of ether oxygens (including phenoxy) is 1. The second-order valence-electron chi connectivity index (χ2n) is 4.41. The number of hydrogen-bond acceptors (Lipinski definition) is 5. The van der Waals surface area contributed by atoms with Gasteiger partial charge in [-0.3, -0.25) is 9.59 Å². The lowest BCUT2D eigenvalue weighted by Crippen LogP contribution is -2.25. The van der Waals surface area contributed by atoms with Gasteiger partial charge in [-0.15, -0.1) is 11.3 Å². The zero-order valence-electron chi connectivity index (χ0n) is 11.7. The van der Waals surface area contributed by atoms with Crippen molar-refractivity contribution in [2.75, 3.05) is 6.54 Å². The van der Waals surface area contributed by atoms with E-state index in [1.54, 1.807) is 36.4 Å². The van der Waals surface area contributed by atoms with Crippen LogP contribution in [0.3, 0.4) is 0 Å². The predicted octanol–water partition coefficient (Wildman–Crippen LogP) is 2.48. The molecule has 1 amide bonds. The van der Waals surface area contributed by atoms with E-state index < -0.39 is 5.97 Å². The molecular weight excluding hydrogens is 300 g/mol. The van der Waals surface area contributed by atoms with Crippen molar-refractivity contribution in [2.45, 2.75) is 13.0 Å². The summed E-state index contributed by atoms with van der Waals surface area (Å²) in [5.74, 6) is -0.614. The van der Waals surface area contributed by atoms with Crippen LogP contribution in [0.25, 0.3) is 0 Å². The van der Waals surface area contributed by atoms with Crippen molar-refractivity contribution in [3.05, 3.63) is 57.8 Å². The number of nitrogens with one attached hydrogen (secondary N) is 1. The van der Waals surface area contributed by atoms with Crippen molar-refractivity contribution in [2.24, 2.45) is 0 Å². The molecule has 5 nitrogen and oxygen atoms in total. The van der Waals surface area contributed by atoms with E-state index in [4.69, 9.17) is 10.00 Å². The lowest BCUT2D eigenvalue weighted by molar-refractivity contribution is -0.144. The first-order valence-electron chi connectivity index (χ1n) is 6.66. The number of amides is 1. The molecule has 0 unspecified atom stereocenters. The zero-order valence-corrected chi connectivity index (χ0v) is 12.6. The number of thiophene rings is 1. The Morgan fingerprint density at radius 3 is 2.77 bits per heavy atom. The molecule has 0 bridgehead atoms. The molecule has 1 N–H and O–H groups in total. The Labute approximate surface area is 132 Å². The summed E-state index contributed by atoms with van der Waals surface area (Å²) in [5.41, 5.74) is 1.15. The van der Waals surface area contributed by atoms with Crippen LogP contribution < -0.4 is 5.32 Å². The molecule has 112 valence electrons. The topological polar surface area (TPSA) is 79.2 Å². The summed E-state index contributed by atoms with van der Waals surface area (Å²) in [4.78, 5) is 23.9. The minimum Gasteiger partial charge on any atom is -0.461 e. The first-order valence-corrected chi connectivity index (χ1v) is 7.54. The quantitative estimate of drug-likeness (QED) is 0.831. The Hall–Kier alpha value is -2.65. The van der Waals surface area contributed by atoms with Crippen LogP contribution in [0.4, 0.5) is 0 Å². The molecule has 2 aromatic rings. The van der Waals surface area contributed by atoms with Gasteiger partial charge in [0, 0.05) is 12.1 Å². The molecule has 0 saturated carbocycles. The normalized spacial score (nSPS) is 9.77. The van der Waals surface area contributed by atoms with Crippen molar-refractivity contribution in [3.8, 4) is 6.07 Å². The number of carbonyl (C=O) groups excluding carboxylic acids is 2. The molecule has 0 saturated heterocycles. The van der Waals surface area contributed by atoms with Gasteiger partial charge >= 0.3 is 5.97 Å². The minimum atomic E-state index is -0.417. The molecule has 6 heteroatoms. The van der Waals surface area contributed by atoms with Crippen LogP contribution in [0.2, 0.25) is 0 Å². The lowest BCUT2D eigenvalue weighted by atomic mass is 10.1. The number of esters is 1. The number of hydrogen-bond donors (Lipinski definition) is 1. The summed E-state index contributed by atoms with van der Waals surface area (Å²) >= 11 is 1.34. The second-order valence-corrected chi connectivity index (χ2v) is 5.36. The fourth-order valence-corrected chi connectivity index (χ4v) is 2.40. The molecule has 0 aliphatic carbocycles. The van der Waals surface area contributed by atoms with Crippen LogP contribution >= 0.6 is 11.3 Å². The third kappa shape index (κ3) is 4.43. The van der Waals surface area contributed by atoms with Gasteiger partial charge in [0.1, 0.15) is 6.61 Å². The first-order chi connectivity index (χ1) is 10.7. The Morgan fingerprint density at radius 2 is 2.05 bits per heavy atom. The van der Waals surface area contributed by atoms with E-state index in [9.17, 15) is 9.59 Å². The van der Waals surface area contributed by atoms with Crippen molar-refractivity contribution >= 4 is 23.2 Å². The monoisotopic (exact) mass is 314 g/mol. The van der Waals surface area contributed by atoms with E-state index in [1.807, 2.05) is 11.4 Å². The Balaban J connectivity index is 1.72. The van der Waals surface area contributed by atoms with Gasteiger partial charge in [0.05, 0.1) is 22.9 Å². The van der Waals surface area contributed by atoms with Gasteiger partial charge in [0.15, 0.2) is 0 Å². The van der Waals surface area contributed by atoms with Crippen LogP contribution in [-0.4, -0.2) is 18.4 Å². The van der Waals surface area contributed by atoms with Gasteiger partial charge in [0.25, 0.3) is 5.91 Å². The Bertz CT molecular complexity index is 690. The van der Waals surface area contributed by atoms with Gasteiger partial charge in [-0.25, -0.2) is 0 Å². The maximum Gasteiger partial charge on any atom is 0.307 e. The molecule has 0 radical (unpaired) electrons. The summed E-state index contributed by atoms with van der Waals surface area (Å²) in [6.07, 6.45) is 0.0891. The van der Waals surface area contributed by atoms with Crippen molar-refractivity contribution < 1.29 is 14.3 Å². The number of nitriles is 1. The van der Waals surface area contributed by atoms with Crippen LogP contribution in [0, 0.1) is 11.3 Å². The molecule has 0 atom stereocenters. The van der Waals surface area contributed by atoms with Gasteiger partial charge in [0.2, 0.25) is 0 Å². The standard InChI is InChI=1S/C16H14N2O3S/c17-10-12-4-1-2-5-13(12)11-21-15(19)7-8-18-16(20)14-6-3-9-22-14/h1-6,9H,7-8,11H2,(H,18,20). The first kappa shape index (κ1) is 15.7. The molecule has 0 aliphatic heterocycles. The van der Waals surface area contributed by atoms with Crippen LogP contribution in [0.1, 0.15) is 27.2 Å². The molecular formula is C16H14N2O3S. The highest BCUT2D eigenvalue weighted by molar-refractivity contribution is 7.12. The largest absolute Gasteiger partial charge is 0.461 e. The van der Waals surface area contributed by atoms with E-state index in [2.05, 4.69) is 5.32 Å². The average molecular weight is 314 g/mol. The number of rotatable bonds is 6. The summed E-state index contributed by atoms with van der Waals surface area (Å²) in [5, 5.41) is 13.4. The highest BCUT2D eigenvalue weighted by Gasteiger charge is 2.09. The number of carbonyl (C=O) groups is 2. The van der Waals surface area contributed by atoms with E-state index in [-0.39, 0.29) is 25.5 Å². The van der Waals surface area contributed by atoms with Crippen molar-refractivity contribution in [1.29, 1.82) is 5.26 Å². The van der Waals surface area contributed by atoms with Gasteiger partial charge in [-0.05, 0) is 17.5 Å². The maximum absolute atomic E-state index is 11.7. The van der Waals surface area contributed by atoms with Crippen LogP contribution in [0.15, 0.2) is 41.8 Å². The smallest absolute Gasteiger partial charge is 0.307 e. The molecule has 0 fully saturated rings. The van der Waals surface area contributed by atoms with Crippen LogP contribution in [-0.2, 0) is 16.1 Å². The molecule has 1 heterocycles. The van der Waals surface area contributed by atoms with E-state index >= 15 is 0 Å². The number of benzene rings is 1. The van der Waals surface area contributed by atoms with E-state index in [1.165, 1.54) is 11.3 Å². The fourth-order valence-electron chi connectivity index (χ4n) is 1.76. The molecule has 0 aliphatic rings. The number of nitrogens with zero attached hydrogens (tertiary/aromatic N) is 1. The highest BCUT2D eigenvalue weighted by atomic mass is 32.1. The highest BCUT2D eigenvalue weighted by Crippen LogP contribution is 2.09. The maximum atomic E-state index is 11.7. The van der Waals surface area contributed by atoms with Crippen molar-refractivity contribution in [3.63, 3.8) is 0 Å². The third-order valence-electron chi connectivity index (χ3n) is 2.89. The molecule has 1 aromatic heterocycles. The molecule has 1 aromatic carbocycles. The average Bonchev–Trinajstić information content (AvgIpc) is 3.07. The Morgan fingerprint density at radius 1 is 1.23 bits per heavy atom. The van der Waals surface area contributed by atoms with Gasteiger partial charge in [-0.2, -0.15) is 5.26 Å². The molecule has 2 rings (SSSR count). The van der Waals surface area contributed by atoms with E-state index in [0.29, 0.717) is 16.0 Å². The third-order valence-corrected chi connectivity index (χ3v) is 3.75. The lowest BCUT2D eigenvalue weighted by Gasteiger charge is -2.07. The summed E-state index contributed by atoms with van der Waals surface area (Å²) in [6.45, 7) is 0.275. The summed E-state index contributed by atoms with van der Waals surface area (Å²) < 4.78 is 5.10. The zero-order chi connectivity index (χ0) is 15.8. The Kier molecular flexibility index (Phi) is 5.69.